The lowest BCUT2D eigenvalue weighted by Gasteiger charge is -2.32. The van der Waals surface area contributed by atoms with Crippen molar-refractivity contribution in [2.75, 3.05) is 20.3 Å². The molecule has 0 aliphatic carbocycles. The van der Waals surface area contributed by atoms with E-state index in [1.165, 1.54) is 0 Å². The maximum atomic E-state index is 12.6. The number of hydrogen-bond donors (Lipinski definition) is 0. The standard InChI is InChI=1S/C24H38O7/c1-8-14-28-20(16-27-7)22(30-19-12-10-9-11-13-19)18(3)29-23(26)17(2)15-21(25)31-24(4,5)6/h9-13,17-18,20,22H,8,14-16H2,1-7H3/t17-,18-,20-,22-/m0/s1. The predicted octanol–water partition coefficient (Wildman–Crippen LogP) is 4.18. The Morgan fingerprint density at radius 2 is 1.71 bits per heavy atom. The van der Waals surface area contributed by atoms with E-state index in [0.29, 0.717) is 12.4 Å². The van der Waals surface area contributed by atoms with E-state index in [2.05, 4.69) is 0 Å². The van der Waals surface area contributed by atoms with Crippen molar-refractivity contribution in [1.29, 1.82) is 0 Å². The smallest absolute Gasteiger partial charge is 0.309 e. The molecular weight excluding hydrogens is 400 g/mol. The largest absolute Gasteiger partial charge is 0.484 e. The zero-order valence-electron chi connectivity index (χ0n) is 19.9. The highest BCUT2D eigenvalue weighted by molar-refractivity contribution is 5.79. The molecule has 0 saturated heterocycles. The summed E-state index contributed by atoms with van der Waals surface area (Å²) < 4.78 is 28.4. The molecule has 0 bridgehead atoms. The molecule has 0 aromatic heterocycles. The molecule has 0 unspecified atom stereocenters. The summed E-state index contributed by atoms with van der Waals surface area (Å²) in [7, 11) is 1.58. The lowest BCUT2D eigenvalue weighted by Crippen LogP contribution is -2.47. The number of rotatable bonds is 13. The number of para-hydroxylation sites is 1. The van der Waals surface area contributed by atoms with Crippen molar-refractivity contribution in [2.24, 2.45) is 5.92 Å². The molecule has 0 N–H and O–H groups in total. The molecule has 0 saturated carbocycles. The first kappa shape index (κ1) is 26.9. The van der Waals surface area contributed by atoms with Gasteiger partial charge in [-0.05, 0) is 46.2 Å². The van der Waals surface area contributed by atoms with E-state index in [9.17, 15) is 9.59 Å². The molecule has 0 spiro atoms. The van der Waals surface area contributed by atoms with Crippen LogP contribution >= 0.6 is 0 Å². The molecule has 31 heavy (non-hydrogen) atoms. The molecular formula is C24H38O7. The second-order valence-corrected chi connectivity index (χ2v) is 8.59. The fourth-order valence-electron chi connectivity index (χ4n) is 2.88. The lowest BCUT2D eigenvalue weighted by molar-refractivity contribution is -0.169. The number of hydrogen-bond acceptors (Lipinski definition) is 7. The van der Waals surface area contributed by atoms with Crippen LogP contribution in [0.25, 0.3) is 0 Å². The van der Waals surface area contributed by atoms with Crippen LogP contribution in [-0.2, 0) is 28.5 Å². The van der Waals surface area contributed by atoms with Crippen LogP contribution in [0.2, 0.25) is 0 Å². The van der Waals surface area contributed by atoms with Gasteiger partial charge < -0.3 is 23.7 Å². The molecule has 0 aliphatic heterocycles. The summed E-state index contributed by atoms with van der Waals surface area (Å²) in [6.45, 7) is 11.6. The van der Waals surface area contributed by atoms with E-state index in [0.717, 1.165) is 6.42 Å². The van der Waals surface area contributed by atoms with Gasteiger partial charge >= 0.3 is 11.9 Å². The van der Waals surface area contributed by atoms with Gasteiger partial charge in [0.1, 0.15) is 23.6 Å². The Kier molecular flexibility index (Phi) is 11.6. The van der Waals surface area contributed by atoms with Gasteiger partial charge in [0.25, 0.3) is 0 Å². The third-order valence-corrected chi connectivity index (χ3v) is 4.31. The number of benzene rings is 1. The van der Waals surface area contributed by atoms with Gasteiger partial charge in [-0.15, -0.1) is 0 Å². The number of carbonyl (C=O) groups excluding carboxylic acids is 2. The minimum atomic E-state index is -0.646. The Hall–Kier alpha value is -2.12. The first-order valence-electron chi connectivity index (χ1n) is 10.8. The van der Waals surface area contributed by atoms with E-state index in [4.69, 9.17) is 23.7 Å². The van der Waals surface area contributed by atoms with Crippen molar-refractivity contribution in [1.82, 2.24) is 0 Å². The van der Waals surface area contributed by atoms with Crippen molar-refractivity contribution in [2.45, 2.75) is 78.3 Å². The van der Waals surface area contributed by atoms with E-state index < -0.39 is 41.8 Å². The normalized spacial score (nSPS) is 15.5. The summed E-state index contributed by atoms with van der Waals surface area (Å²) in [4.78, 5) is 24.7. The predicted molar refractivity (Wildman–Crippen MR) is 118 cm³/mol. The Bertz CT molecular complexity index is 654. The molecule has 176 valence electrons. The minimum Gasteiger partial charge on any atom is -0.484 e. The molecule has 4 atom stereocenters. The maximum Gasteiger partial charge on any atom is 0.309 e. The summed E-state index contributed by atoms with van der Waals surface area (Å²) >= 11 is 0. The molecule has 0 fully saturated rings. The summed E-state index contributed by atoms with van der Waals surface area (Å²) in [6, 6.07) is 9.28. The monoisotopic (exact) mass is 438 g/mol. The molecule has 7 heteroatoms. The van der Waals surface area contributed by atoms with Gasteiger partial charge in [-0.2, -0.15) is 0 Å². The van der Waals surface area contributed by atoms with Crippen LogP contribution in [0.4, 0.5) is 0 Å². The van der Waals surface area contributed by atoms with Gasteiger partial charge in [0.15, 0.2) is 6.10 Å². The minimum absolute atomic E-state index is 0.0547. The van der Waals surface area contributed by atoms with E-state index in [1.54, 1.807) is 41.7 Å². The summed E-state index contributed by atoms with van der Waals surface area (Å²) in [5.41, 5.74) is -0.605. The summed E-state index contributed by atoms with van der Waals surface area (Å²) in [5.74, 6) is -0.942. The van der Waals surface area contributed by atoms with Gasteiger partial charge in [-0.3, -0.25) is 9.59 Å². The van der Waals surface area contributed by atoms with Crippen LogP contribution in [0.5, 0.6) is 5.75 Å². The zero-order chi connectivity index (χ0) is 23.4. The van der Waals surface area contributed by atoms with Crippen molar-refractivity contribution in [3.63, 3.8) is 0 Å². The number of carbonyl (C=O) groups is 2. The average molecular weight is 439 g/mol. The molecule has 0 aliphatic rings. The van der Waals surface area contributed by atoms with Crippen LogP contribution in [0.1, 0.15) is 54.4 Å². The van der Waals surface area contributed by atoms with Gasteiger partial charge in [0, 0.05) is 13.7 Å². The molecule has 1 aromatic carbocycles. The van der Waals surface area contributed by atoms with E-state index >= 15 is 0 Å². The fraction of sp³-hybridized carbons (Fsp3) is 0.667. The highest BCUT2D eigenvalue weighted by atomic mass is 16.6. The Morgan fingerprint density at radius 3 is 2.26 bits per heavy atom. The molecule has 0 radical (unpaired) electrons. The van der Waals surface area contributed by atoms with Gasteiger partial charge in [0.05, 0.1) is 18.9 Å². The maximum absolute atomic E-state index is 12.6. The number of ether oxygens (including phenoxy) is 5. The fourth-order valence-corrected chi connectivity index (χ4v) is 2.88. The van der Waals surface area contributed by atoms with Crippen LogP contribution in [0.15, 0.2) is 30.3 Å². The van der Waals surface area contributed by atoms with E-state index in [1.807, 2.05) is 37.3 Å². The Morgan fingerprint density at radius 1 is 1.06 bits per heavy atom. The van der Waals surface area contributed by atoms with Crippen LogP contribution < -0.4 is 4.74 Å². The number of methoxy groups -OCH3 is 1. The zero-order valence-corrected chi connectivity index (χ0v) is 19.9. The highest BCUT2D eigenvalue weighted by Crippen LogP contribution is 2.21. The SMILES string of the molecule is CCCO[C@@H](COC)[C@@H](Oc1ccccc1)[C@H](C)OC(=O)[C@@H](C)CC(=O)OC(C)(C)C. The van der Waals surface area contributed by atoms with Gasteiger partial charge in [-0.1, -0.05) is 32.0 Å². The lowest BCUT2D eigenvalue weighted by atomic mass is 10.1. The van der Waals surface area contributed by atoms with Crippen LogP contribution in [-0.4, -0.2) is 56.2 Å². The second-order valence-electron chi connectivity index (χ2n) is 8.59. The average Bonchev–Trinajstić information content (AvgIpc) is 2.68. The summed E-state index contributed by atoms with van der Waals surface area (Å²) in [5, 5.41) is 0. The first-order chi connectivity index (χ1) is 14.6. The molecule has 0 heterocycles. The second kappa shape index (κ2) is 13.3. The highest BCUT2D eigenvalue weighted by Gasteiger charge is 2.34. The number of esters is 2. The van der Waals surface area contributed by atoms with Gasteiger partial charge in [0.2, 0.25) is 0 Å². The third-order valence-electron chi connectivity index (χ3n) is 4.31. The van der Waals surface area contributed by atoms with Crippen molar-refractivity contribution >= 4 is 11.9 Å². The van der Waals surface area contributed by atoms with Gasteiger partial charge in [-0.25, -0.2) is 0 Å². The van der Waals surface area contributed by atoms with Crippen molar-refractivity contribution < 1.29 is 33.3 Å². The first-order valence-corrected chi connectivity index (χ1v) is 10.8. The van der Waals surface area contributed by atoms with Crippen LogP contribution in [0, 0.1) is 5.92 Å². The topological polar surface area (TPSA) is 80.3 Å². The van der Waals surface area contributed by atoms with Crippen molar-refractivity contribution in [3.8, 4) is 5.75 Å². The van der Waals surface area contributed by atoms with Crippen molar-refractivity contribution in [3.05, 3.63) is 30.3 Å². The quantitative estimate of drug-likeness (QED) is 0.428. The van der Waals surface area contributed by atoms with E-state index in [-0.39, 0.29) is 13.0 Å². The summed E-state index contributed by atoms with van der Waals surface area (Å²) in [6.07, 6.45) is -0.883. The molecule has 7 nitrogen and oxygen atoms in total. The van der Waals surface area contributed by atoms with Crippen LogP contribution in [0.3, 0.4) is 0 Å². The third kappa shape index (κ3) is 10.6. The Balaban J connectivity index is 2.88. The molecule has 1 rings (SSSR count). The molecule has 1 aromatic rings. The molecule has 0 amide bonds. The Labute approximate surface area is 186 Å².